The van der Waals surface area contributed by atoms with Crippen molar-refractivity contribution in [2.75, 3.05) is 0 Å². The predicted octanol–water partition coefficient (Wildman–Crippen LogP) is 2.80. The monoisotopic (exact) mass is 328 g/mol. The molecule has 7 heteroatoms. The lowest BCUT2D eigenvalue weighted by molar-refractivity contribution is -0.140. The zero-order chi connectivity index (χ0) is 16.0. The van der Waals surface area contributed by atoms with Gasteiger partial charge in [0.25, 0.3) is 0 Å². The van der Waals surface area contributed by atoms with Crippen molar-refractivity contribution < 1.29 is 9.53 Å². The fourth-order valence-electron chi connectivity index (χ4n) is 3.00. The summed E-state index contributed by atoms with van der Waals surface area (Å²) >= 11 is 1.33. The first kappa shape index (κ1) is 14.4. The first-order valence-electron chi connectivity index (χ1n) is 7.66. The highest BCUT2D eigenvalue weighted by molar-refractivity contribution is 8.00. The molecule has 4 rings (SSSR count). The van der Waals surface area contributed by atoms with Gasteiger partial charge in [0.1, 0.15) is 16.9 Å². The van der Waals surface area contributed by atoms with E-state index in [1.807, 2.05) is 25.1 Å². The predicted molar refractivity (Wildman–Crippen MR) is 88.3 cm³/mol. The van der Waals surface area contributed by atoms with Crippen LogP contribution in [0.3, 0.4) is 0 Å². The molecule has 0 unspecified atom stereocenters. The van der Waals surface area contributed by atoms with Crippen LogP contribution >= 0.6 is 11.8 Å². The van der Waals surface area contributed by atoms with Gasteiger partial charge in [-0.25, -0.2) is 4.98 Å². The van der Waals surface area contributed by atoms with Gasteiger partial charge in [0.05, 0.1) is 5.52 Å². The normalized spacial score (nSPS) is 21.2. The lowest BCUT2D eigenvalue weighted by Crippen LogP contribution is -2.10. The van der Waals surface area contributed by atoms with Crippen molar-refractivity contribution >= 4 is 39.8 Å². The molecule has 118 valence electrons. The molecule has 1 aliphatic heterocycles. The third-order valence-electron chi connectivity index (χ3n) is 4.04. The summed E-state index contributed by atoms with van der Waals surface area (Å²) in [6.45, 7) is 4.78. The van der Waals surface area contributed by atoms with E-state index >= 15 is 0 Å². The summed E-state index contributed by atoms with van der Waals surface area (Å²) in [6, 6.07) is 8.09. The van der Waals surface area contributed by atoms with Crippen LogP contribution < -0.4 is 0 Å². The summed E-state index contributed by atoms with van der Waals surface area (Å²) < 4.78 is 7.31. The van der Waals surface area contributed by atoms with Gasteiger partial charge in [-0.1, -0.05) is 30.0 Å². The maximum Gasteiger partial charge on any atom is 0.319 e. The molecule has 2 aromatic heterocycles. The number of benzene rings is 1. The zero-order valence-electron chi connectivity index (χ0n) is 12.9. The summed E-state index contributed by atoms with van der Waals surface area (Å²) in [7, 11) is 0. The van der Waals surface area contributed by atoms with Gasteiger partial charge in [-0.3, -0.25) is 4.79 Å². The van der Waals surface area contributed by atoms with Crippen LogP contribution in [0.15, 0.2) is 29.4 Å². The maximum absolute atomic E-state index is 11.8. The van der Waals surface area contributed by atoms with Crippen molar-refractivity contribution in [2.45, 2.75) is 43.3 Å². The van der Waals surface area contributed by atoms with Crippen LogP contribution in [0.1, 0.15) is 20.3 Å². The van der Waals surface area contributed by atoms with Gasteiger partial charge < -0.3 is 9.30 Å². The van der Waals surface area contributed by atoms with Gasteiger partial charge in [0.15, 0.2) is 5.65 Å². The molecule has 1 saturated heterocycles. The number of para-hydroxylation sites is 1. The Balaban J connectivity index is 1.78. The summed E-state index contributed by atoms with van der Waals surface area (Å²) in [6.07, 6.45) is 0.639. The summed E-state index contributed by atoms with van der Waals surface area (Å²) in [5.74, 6) is -0.192. The van der Waals surface area contributed by atoms with Gasteiger partial charge in [-0.15, -0.1) is 10.2 Å². The van der Waals surface area contributed by atoms with E-state index in [2.05, 4.69) is 32.7 Å². The van der Waals surface area contributed by atoms with E-state index in [1.54, 1.807) is 0 Å². The van der Waals surface area contributed by atoms with Crippen molar-refractivity contribution in [3.05, 3.63) is 24.3 Å². The standard InChI is InChI=1S/C16H16N4O2S/c1-3-20-11-7-5-4-6-10(11)13-14(20)17-16(19-18-13)23-12-8-9(2)22-15(12)21/h4-7,9,12H,3,8H2,1-2H3/t9-,12-/m1/s1. The second kappa shape index (κ2) is 5.49. The highest BCUT2D eigenvalue weighted by atomic mass is 32.2. The Morgan fingerprint density at radius 3 is 2.91 bits per heavy atom. The van der Waals surface area contributed by atoms with Crippen molar-refractivity contribution in [3.8, 4) is 0 Å². The molecule has 23 heavy (non-hydrogen) atoms. The van der Waals surface area contributed by atoms with Crippen LogP contribution in [-0.4, -0.2) is 37.1 Å². The number of fused-ring (bicyclic) bond motifs is 3. The average molecular weight is 328 g/mol. The van der Waals surface area contributed by atoms with Crippen LogP contribution in [0.4, 0.5) is 0 Å². The smallest absolute Gasteiger partial charge is 0.319 e. The van der Waals surface area contributed by atoms with Crippen molar-refractivity contribution in [3.63, 3.8) is 0 Å². The number of thioether (sulfide) groups is 1. The number of carbonyl (C=O) groups is 1. The molecule has 0 aliphatic carbocycles. The Kier molecular flexibility index (Phi) is 3.45. The van der Waals surface area contributed by atoms with E-state index in [0.29, 0.717) is 11.6 Å². The Morgan fingerprint density at radius 1 is 1.35 bits per heavy atom. The number of rotatable bonds is 3. The maximum atomic E-state index is 11.8. The van der Waals surface area contributed by atoms with E-state index in [4.69, 9.17) is 4.74 Å². The molecular formula is C16H16N4O2S. The number of nitrogens with zero attached hydrogens (tertiary/aromatic N) is 4. The molecule has 0 spiro atoms. The molecule has 3 aromatic rings. The van der Waals surface area contributed by atoms with Gasteiger partial charge >= 0.3 is 5.97 Å². The lowest BCUT2D eigenvalue weighted by atomic mass is 10.2. The highest BCUT2D eigenvalue weighted by Crippen LogP contribution is 2.32. The summed E-state index contributed by atoms with van der Waals surface area (Å²) in [5.41, 5.74) is 2.71. The first-order chi connectivity index (χ1) is 11.2. The number of hydrogen-bond acceptors (Lipinski definition) is 6. The number of carbonyl (C=O) groups excluding carboxylic acids is 1. The van der Waals surface area contributed by atoms with Gasteiger partial charge in [0, 0.05) is 18.4 Å². The summed E-state index contributed by atoms with van der Waals surface area (Å²) in [5, 5.41) is 9.89. The average Bonchev–Trinajstić information content (AvgIpc) is 3.03. The fraction of sp³-hybridized carbons (Fsp3) is 0.375. The minimum absolute atomic E-state index is 0.0428. The van der Waals surface area contributed by atoms with Crippen LogP contribution in [0.2, 0.25) is 0 Å². The third-order valence-corrected chi connectivity index (χ3v) is 5.10. The van der Waals surface area contributed by atoms with Crippen LogP contribution in [0.25, 0.3) is 22.1 Å². The molecule has 0 amide bonds. The van der Waals surface area contributed by atoms with Gasteiger partial charge in [0.2, 0.25) is 5.16 Å². The van der Waals surface area contributed by atoms with E-state index in [9.17, 15) is 4.79 Å². The van der Waals surface area contributed by atoms with Crippen LogP contribution in [0, 0.1) is 0 Å². The molecule has 0 bridgehead atoms. The Bertz CT molecular complexity index is 908. The van der Waals surface area contributed by atoms with Crippen molar-refractivity contribution in [2.24, 2.45) is 0 Å². The fourth-order valence-corrected chi connectivity index (χ4v) is 4.00. The molecule has 0 N–H and O–H groups in total. The molecule has 2 atom stereocenters. The van der Waals surface area contributed by atoms with E-state index in [0.717, 1.165) is 28.6 Å². The number of esters is 1. The quantitative estimate of drug-likeness (QED) is 0.689. The number of aryl methyl sites for hydroxylation is 1. The molecular weight excluding hydrogens is 312 g/mol. The summed E-state index contributed by atoms with van der Waals surface area (Å²) in [4.78, 5) is 16.4. The second-order valence-corrected chi connectivity index (χ2v) is 6.79. The van der Waals surface area contributed by atoms with Crippen LogP contribution in [-0.2, 0) is 16.1 Å². The molecule has 3 heterocycles. The van der Waals surface area contributed by atoms with Crippen molar-refractivity contribution in [1.29, 1.82) is 0 Å². The SMILES string of the molecule is CCn1c2ccccc2c2nnc(S[C@@H]3C[C@@H](C)OC3=O)nc21. The number of cyclic esters (lactones) is 1. The lowest BCUT2D eigenvalue weighted by Gasteiger charge is -2.04. The Morgan fingerprint density at radius 2 is 2.17 bits per heavy atom. The molecule has 1 fully saturated rings. The van der Waals surface area contributed by atoms with Crippen molar-refractivity contribution in [1.82, 2.24) is 19.7 Å². The number of hydrogen-bond donors (Lipinski definition) is 0. The molecule has 6 nitrogen and oxygen atoms in total. The zero-order valence-corrected chi connectivity index (χ0v) is 13.7. The third kappa shape index (κ3) is 2.35. The molecule has 1 aliphatic rings. The molecule has 1 aromatic carbocycles. The topological polar surface area (TPSA) is 69.9 Å². The van der Waals surface area contributed by atoms with E-state index in [-0.39, 0.29) is 17.3 Å². The second-order valence-electron chi connectivity index (χ2n) is 5.62. The largest absolute Gasteiger partial charge is 0.462 e. The van der Waals surface area contributed by atoms with Gasteiger partial charge in [-0.05, 0) is 19.9 Å². The Labute approximate surface area is 137 Å². The Hall–Kier alpha value is -2.15. The minimum Gasteiger partial charge on any atom is -0.462 e. The highest BCUT2D eigenvalue weighted by Gasteiger charge is 2.33. The van der Waals surface area contributed by atoms with E-state index in [1.165, 1.54) is 11.8 Å². The van der Waals surface area contributed by atoms with Gasteiger partial charge in [-0.2, -0.15) is 0 Å². The minimum atomic E-state index is -0.247. The van der Waals surface area contributed by atoms with Crippen LogP contribution in [0.5, 0.6) is 0 Å². The number of aromatic nitrogens is 4. The van der Waals surface area contributed by atoms with E-state index < -0.39 is 0 Å². The first-order valence-corrected chi connectivity index (χ1v) is 8.54. The molecule has 0 radical (unpaired) electrons. The number of ether oxygens (including phenoxy) is 1. The molecule has 0 saturated carbocycles.